The molecule has 0 heterocycles. The van der Waals surface area contributed by atoms with E-state index in [2.05, 4.69) is 5.32 Å². The van der Waals surface area contributed by atoms with Gasteiger partial charge in [0.1, 0.15) is 5.75 Å². The van der Waals surface area contributed by atoms with Crippen molar-refractivity contribution in [2.75, 3.05) is 11.1 Å². The molecule has 0 atom stereocenters. The SMILES string of the molecule is CC(=O)Oc1ccc(CC2=C(C)C(=O)C(C)=C(C)C2=O)cc1C(=O)Nc1ccc(C(F)(F)F)cc1.Nc1ccc(C(F)(F)F)cc1. The minimum atomic E-state index is -4.52. The van der Waals surface area contributed by atoms with E-state index in [9.17, 15) is 45.5 Å². The molecule has 0 saturated carbocycles. The Morgan fingerprint density at radius 1 is 0.739 bits per heavy atom. The van der Waals surface area contributed by atoms with Crippen LogP contribution in [0.1, 0.15) is 54.7 Å². The second-order valence-corrected chi connectivity index (χ2v) is 10.3. The molecule has 0 aliphatic heterocycles. The summed E-state index contributed by atoms with van der Waals surface area (Å²) >= 11 is 0. The first kappa shape index (κ1) is 35.3. The molecular weight excluding hydrogens is 618 g/mol. The topological polar surface area (TPSA) is 116 Å². The lowest BCUT2D eigenvalue weighted by Crippen LogP contribution is -2.22. The zero-order valence-electron chi connectivity index (χ0n) is 24.9. The van der Waals surface area contributed by atoms with Crippen LogP contribution in [0.15, 0.2) is 89.0 Å². The molecule has 0 unspecified atom stereocenters. The van der Waals surface area contributed by atoms with Crippen LogP contribution in [0.2, 0.25) is 0 Å². The molecule has 13 heteroatoms. The van der Waals surface area contributed by atoms with Gasteiger partial charge < -0.3 is 15.8 Å². The summed E-state index contributed by atoms with van der Waals surface area (Å²) in [7, 11) is 0. The first-order chi connectivity index (χ1) is 21.3. The normalized spacial score (nSPS) is 13.7. The predicted octanol–water partition coefficient (Wildman–Crippen LogP) is 7.52. The number of esters is 1. The number of benzene rings is 3. The number of carbonyl (C=O) groups is 4. The number of hydrogen-bond donors (Lipinski definition) is 2. The lowest BCUT2D eigenvalue weighted by molar-refractivity contribution is -0.138. The molecule has 0 radical (unpaired) electrons. The van der Waals surface area contributed by atoms with Gasteiger partial charge in [-0.25, -0.2) is 0 Å². The van der Waals surface area contributed by atoms with Crippen LogP contribution < -0.4 is 15.8 Å². The summed E-state index contributed by atoms with van der Waals surface area (Å²) < 4.78 is 79.1. The van der Waals surface area contributed by atoms with E-state index >= 15 is 0 Å². The average Bonchev–Trinajstić information content (AvgIpc) is 2.97. The Hall–Kier alpha value is -5.20. The highest BCUT2D eigenvalue weighted by molar-refractivity contribution is 6.24. The Bertz CT molecular complexity index is 1740. The summed E-state index contributed by atoms with van der Waals surface area (Å²) in [6, 6.07) is 12.6. The van der Waals surface area contributed by atoms with Gasteiger partial charge in [-0.05, 0) is 87.0 Å². The Kier molecular flexibility index (Phi) is 10.6. The zero-order chi connectivity index (χ0) is 34.6. The van der Waals surface area contributed by atoms with Crippen LogP contribution in [0, 0.1) is 0 Å². The third-order valence-electron chi connectivity index (χ3n) is 6.94. The molecule has 7 nitrogen and oxygen atoms in total. The van der Waals surface area contributed by atoms with E-state index in [0.717, 1.165) is 43.3 Å². The van der Waals surface area contributed by atoms with Crippen molar-refractivity contribution in [1.29, 1.82) is 0 Å². The quantitative estimate of drug-likeness (QED) is 0.0975. The number of carbonyl (C=O) groups excluding carboxylic acids is 4. The van der Waals surface area contributed by atoms with Crippen LogP contribution >= 0.6 is 0 Å². The molecule has 1 amide bonds. The number of amides is 1. The van der Waals surface area contributed by atoms with Crippen molar-refractivity contribution in [3.05, 3.63) is 111 Å². The van der Waals surface area contributed by atoms with Gasteiger partial charge in [0.2, 0.25) is 0 Å². The molecule has 1 aliphatic carbocycles. The van der Waals surface area contributed by atoms with Gasteiger partial charge in [0.25, 0.3) is 5.91 Å². The van der Waals surface area contributed by atoms with Crippen LogP contribution in [0.5, 0.6) is 5.75 Å². The number of halogens is 6. The van der Waals surface area contributed by atoms with Crippen molar-refractivity contribution < 1.29 is 50.3 Å². The second-order valence-electron chi connectivity index (χ2n) is 10.3. The van der Waals surface area contributed by atoms with Crippen LogP contribution in [0.25, 0.3) is 0 Å². The molecule has 3 N–H and O–H groups in total. The number of rotatable bonds is 5. The van der Waals surface area contributed by atoms with Crippen LogP contribution in [0.3, 0.4) is 0 Å². The number of nitrogens with two attached hydrogens (primary N) is 1. The number of nitrogens with one attached hydrogen (secondary N) is 1. The van der Waals surface area contributed by atoms with Crippen LogP contribution in [-0.2, 0) is 33.2 Å². The number of ether oxygens (including phenoxy) is 1. The Balaban J connectivity index is 0.000000441. The van der Waals surface area contributed by atoms with E-state index in [-0.39, 0.29) is 35.0 Å². The highest BCUT2D eigenvalue weighted by Crippen LogP contribution is 2.32. The standard InChI is InChI=1S/C26H22F3NO5.C7H6F3N/c1-13-14(2)24(33)20(15(3)23(13)32)11-17-5-10-22(35-16(4)31)21(12-17)25(34)30-19-8-6-18(7-9-19)26(27,28)29;8-7(9,10)5-1-3-6(11)4-2-5/h5-10,12H,11H2,1-4H3,(H,30,34);1-4H,11H2. The number of anilines is 2. The molecule has 0 saturated heterocycles. The van der Waals surface area contributed by atoms with Gasteiger partial charge in [-0.1, -0.05) is 6.07 Å². The summed E-state index contributed by atoms with van der Waals surface area (Å²) in [5.74, 6) is -1.96. The minimum absolute atomic E-state index is 0.0575. The average molecular weight is 647 g/mol. The summed E-state index contributed by atoms with van der Waals surface area (Å²) in [5.41, 5.74) is 5.89. The molecule has 46 heavy (non-hydrogen) atoms. The van der Waals surface area contributed by atoms with E-state index < -0.39 is 35.4 Å². The maximum Gasteiger partial charge on any atom is 0.416 e. The van der Waals surface area contributed by atoms with Crippen molar-refractivity contribution in [3.8, 4) is 5.75 Å². The summed E-state index contributed by atoms with van der Waals surface area (Å²) in [6.07, 6.45) is -8.73. The Labute approximate surface area is 259 Å². The predicted molar refractivity (Wildman–Crippen MR) is 158 cm³/mol. The molecule has 3 aromatic carbocycles. The maximum atomic E-state index is 13.0. The summed E-state index contributed by atoms with van der Waals surface area (Å²) in [5, 5.41) is 2.48. The van der Waals surface area contributed by atoms with Gasteiger partial charge in [0.15, 0.2) is 11.6 Å². The first-order valence-corrected chi connectivity index (χ1v) is 13.5. The third kappa shape index (κ3) is 8.71. The number of ketones is 2. The highest BCUT2D eigenvalue weighted by Gasteiger charge is 2.31. The number of nitrogen functional groups attached to an aromatic ring is 1. The van der Waals surface area contributed by atoms with Gasteiger partial charge in [0.05, 0.1) is 16.7 Å². The largest absolute Gasteiger partial charge is 0.426 e. The molecular formula is C33H28F6N2O5. The fraction of sp³-hybridized carbons (Fsp3) is 0.212. The summed E-state index contributed by atoms with van der Waals surface area (Å²) in [6.45, 7) is 5.89. The van der Waals surface area contributed by atoms with Gasteiger partial charge >= 0.3 is 18.3 Å². The van der Waals surface area contributed by atoms with E-state index in [4.69, 9.17) is 10.5 Å². The van der Waals surface area contributed by atoms with Crippen molar-refractivity contribution in [3.63, 3.8) is 0 Å². The number of allylic oxidation sites excluding steroid dienone is 4. The maximum absolute atomic E-state index is 13.0. The van der Waals surface area contributed by atoms with Crippen molar-refractivity contribution >= 4 is 34.8 Å². The van der Waals surface area contributed by atoms with Crippen molar-refractivity contribution in [2.24, 2.45) is 0 Å². The molecule has 1 aliphatic rings. The molecule has 0 aromatic heterocycles. The molecule has 0 bridgehead atoms. The molecule has 242 valence electrons. The smallest absolute Gasteiger partial charge is 0.416 e. The first-order valence-electron chi connectivity index (χ1n) is 13.5. The van der Waals surface area contributed by atoms with E-state index in [0.29, 0.717) is 33.5 Å². The zero-order valence-corrected chi connectivity index (χ0v) is 24.9. The van der Waals surface area contributed by atoms with Crippen molar-refractivity contribution in [2.45, 2.75) is 46.5 Å². The van der Waals surface area contributed by atoms with Crippen LogP contribution in [-0.4, -0.2) is 23.4 Å². The molecule has 0 fully saturated rings. The van der Waals surface area contributed by atoms with Gasteiger partial charge in [-0.15, -0.1) is 0 Å². The van der Waals surface area contributed by atoms with E-state index in [1.54, 1.807) is 26.8 Å². The molecule has 4 rings (SSSR count). The lowest BCUT2D eigenvalue weighted by Gasteiger charge is -2.19. The van der Waals surface area contributed by atoms with Crippen molar-refractivity contribution in [1.82, 2.24) is 0 Å². The lowest BCUT2D eigenvalue weighted by atomic mass is 9.83. The fourth-order valence-electron chi connectivity index (χ4n) is 4.29. The fourth-order valence-corrected chi connectivity index (χ4v) is 4.29. The monoisotopic (exact) mass is 646 g/mol. The number of hydrogen-bond acceptors (Lipinski definition) is 6. The van der Waals surface area contributed by atoms with Crippen LogP contribution in [0.4, 0.5) is 37.7 Å². The minimum Gasteiger partial charge on any atom is -0.426 e. The Morgan fingerprint density at radius 2 is 1.24 bits per heavy atom. The highest BCUT2D eigenvalue weighted by atomic mass is 19.4. The number of alkyl halides is 6. The third-order valence-corrected chi connectivity index (χ3v) is 6.94. The van der Waals surface area contributed by atoms with Gasteiger partial charge in [-0.2, -0.15) is 26.3 Å². The van der Waals surface area contributed by atoms with E-state index in [1.807, 2.05) is 0 Å². The summed E-state index contributed by atoms with van der Waals surface area (Å²) in [4.78, 5) is 49.7. The molecule has 3 aromatic rings. The van der Waals surface area contributed by atoms with Gasteiger partial charge in [-0.3, -0.25) is 19.2 Å². The Morgan fingerprint density at radius 3 is 1.74 bits per heavy atom. The number of Topliss-reactive ketones (excluding diaryl/α,β-unsaturated/α-hetero) is 2. The second kappa shape index (κ2) is 13.8. The van der Waals surface area contributed by atoms with Gasteiger partial charge in [0, 0.05) is 47.0 Å². The molecule has 0 spiro atoms. The van der Waals surface area contributed by atoms with E-state index in [1.165, 1.54) is 24.3 Å².